The Hall–Kier alpha value is -2.11. The van der Waals surface area contributed by atoms with Gasteiger partial charge in [0.25, 0.3) is 0 Å². The predicted molar refractivity (Wildman–Crippen MR) is 75.3 cm³/mol. The van der Waals surface area contributed by atoms with Crippen molar-refractivity contribution >= 4 is 17.4 Å². The van der Waals surface area contributed by atoms with Gasteiger partial charge in [0.05, 0.1) is 6.07 Å². The lowest BCUT2D eigenvalue weighted by Gasteiger charge is -2.11. The highest BCUT2D eigenvalue weighted by molar-refractivity contribution is 6.30. The van der Waals surface area contributed by atoms with Crippen molar-refractivity contribution in [1.82, 2.24) is 0 Å². The molecule has 3 heteroatoms. The fraction of sp³-hybridized carbons (Fsp3) is 0.125. The lowest BCUT2D eigenvalue weighted by atomic mass is 9.89. The van der Waals surface area contributed by atoms with E-state index in [1.807, 2.05) is 31.2 Å². The third-order valence-corrected chi connectivity index (χ3v) is 3.27. The van der Waals surface area contributed by atoms with Gasteiger partial charge in [-0.25, -0.2) is 0 Å². The number of Topliss-reactive ketones (excluding diaryl/α,β-unsaturated/α-hetero) is 1. The van der Waals surface area contributed by atoms with Crippen LogP contribution in [-0.4, -0.2) is 5.78 Å². The van der Waals surface area contributed by atoms with Gasteiger partial charge in [-0.3, -0.25) is 4.79 Å². The highest BCUT2D eigenvalue weighted by atomic mass is 35.5. The number of nitrogens with zero attached hydrogens (tertiary/aromatic N) is 1. The number of rotatable bonds is 3. The lowest BCUT2D eigenvalue weighted by molar-refractivity contribution is 0.0978. The molecular weight excluding hydrogens is 258 g/mol. The monoisotopic (exact) mass is 269 g/mol. The Morgan fingerprint density at radius 2 is 1.79 bits per heavy atom. The molecule has 2 rings (SSSR count). The van der Waals surface area contributed by atoms with E-state index in [2.05, 4.69) is 6.07 Å². The first-order valence-electron chi connectivity index (χ1n) is 5.88. The van der Waals surface area contributed by atoms with Crippen LogP contribution in [0.2, 0.25) is 5.02 Å². The van der Waals surface area contributed by atoms with Crippen molar-refractivity contribution in [2.24, 2.45) is 0 Å². The third kappa shape index (κ3) is 2.83. The molecule has 0 bridgehead atoms. The van der Waals surface area contributed by atoms with Crippen molar-refractivity contribution in [2.75, 3.05) is 0 Å². The maximum absolute atomic E-state index is 12.4. The Kier molecular flexibility index (Phi) is 3.99. The summed E-state index contributed by atoms with van der Waals surface area (Å²) in [6, 6.07) is 16.1. The maximum Gasteiger partial charge on any atom is 0.184 e. The zero-order valence-corrected chi connectivity index (χ0v) is 11.2. The molecule has 1 atom stereocenters. The Labute approximate surface area is 117 Å². The van der Waals surface area contributed by atoms with E-state index in [4.69, 9.17) is 11.6 Å². The second-order valence-electron chi connectivity index (χ2n) is 4.29. The molecule has 0 spiro atoms. The van der Waals surface area contributed by atoms with Crippen molar-refractivity contribution in [3.05, 3.63) is 70.2 Å². The fourth-order valence-electron chi connectivity index (χ4n) is 1.96. The van der Waals surface area contributed by atoms with Crippen LogP contribution in [0.25, 0.3) is 0 Å². The lowest BCUT2D eigenvalue weighted by Crippen LogP contribution is -2.12. The highest BCUT2D eigenvalue weighted by Crippen LogP contribution is 2.24. The molecule has 0 heterocycles. The molecule has 1 unspecified atom stereocenters. The molecular formula is C16H12ClNO. The van der Waals surface area contributed by atoms with Crippen LogP contribution in [-0.2, 0) is 0 Å². The van der Waals surface area contributed by atoms with Crippen LogP contribution in [0.5, 0.6) is 0 Å². The van der Waals surface area contributed by atoms with Crippen LogP contribution in [0.4, 0.5) is 0 Å². The van der Waals surface area contributed by atoms with Crippen molar-refractivity contribution in [3.63, 3.8) is 0 Å². The number of benzene rings is 2. The van der Waals surface area contributed by atoms with Gasteiger partial charge in [0, 0.05) is 10.6 Å². The van der Waals surface area contributed by atoms with Gasteiger partial charge in [-0.05, 0) is 42.3 Å². The van der Waals surface area contributed by atoms with Gasteiger partial charge in [-0.15, -0.1) is 0 Å². The largest absolute Gasteiger partial charge is 0.292 e. The standard InChI is InChI=1S/C16H12ClNO/c1-11-4-2-3-5-14(11)15(10-18)16(19)12-6-8-13(17)9-7-12/h2-9,15H,1H3. The number of nitriles is 1. The molecule has 0 aliphatic rings. The molecule has 0 saturated heterocycles. The van der Waals surface area contributed by atoms with E-state index in [-0.39, 0.29) is 5.78 Å². The summed E-state index contributed by atoms with van der Waals surface area (Å²) in [5, 5.41) is 9.86. The summed E-state index contributed by atoms with van der Waals surface area (Å²) in [5.74, 6) is -0.976. The van der Waals surface area contributed by atoms with Crippen molar-refractivity contribution < 1.29 is 4.79 Å². The summed E-state index contributed by atoms with van der Waals surface area (Å²) < 4.78 is 0. The molecule has 0 aliphatic heterocycles. The van der Waals surface area contributed by atoms with Gasteiger partial charge in [-0.2, -0.15) is 5.26 Å². The van der Waals surface area contributed by atoms with Crippen molar-refractivity contribution in [2.45, 2.75) is 12.8 Å². The van der Waals surface area contributed by atoms with E-state index in [9.17, 15) is 10.1 Å². The van der Waals surface area contributed by atoms with E-state index >= 15 is 0 Å². The van der Waals surface area contributed by atoms with Gasteiger partial charge >= 0.3 is 0 Å². The quantitative estimate of drug-likeness (QED) is 0.786. The van der Waals surface area contributed by atoms with E-state index in [1.54, 1.807) is 24.3 Å². The SMILES string of the molecule is Cc1ccccc1C(C#N)C(=O)c1ccc(Cl)cc1. The minimum atomic E-state index is -0.776. The molecule has 2 aromatic carbocycles. The van der Waals surface area contributed by atoms with Crippen LogP contribution < -0.4 is 0 Å². The molecule has 0 radical (unpaired) electrons. The zero-order chi connectivity index (χ0) is 13.8. The van der Waals surface area contributed by atoms with Gasteiger partial charge < -0.3 is 0 Å². The van der Waals surface area contributed by atoms with Gasteiger partial charge in [0.2, 0.25) is 0 Å². The summed E-state index contributed by atoms with van der Waals surface area (Å²) in [6.45, 7) is 1.90. The number of halogens is 1. The number of aryl methyl sites for hydroxylation is 1. The molecule has 0 amide bonds. The number of ketones is 1. The van der Waals surface area contributed by atoms with Crippen LogP contribution >= 0.6 is 11.6 Å². The average molecular weight is 270 g/mol. The smallest absolute Gasteiger partial charge is 0.184 e. The predicted octanol–water partition coefficient (Wildman–Crippen LogP) is 4.14. The molecule has 0 saturated carbocycles. The summed E-state index contributed by atoms with van der Waals surface area (Å²) in [5.41, 5.74) is 2.19. The number of hydrogen-bond acceptors (Lipinski definition) is 2. The number of carbonyl (C=O) groups excluding carboxylic acids is 1. The van der Waals surface area contributed by atoms with Crippen LogP contribution in [0.3, 0.4) is 0 Å². The zero-order valence-electron chi connectivity index (χ0n) is 10.4. The Balaban J connectivity index is 2.38. The molecule has 2 nitrogen and oxygen atoms in total. The van der Waals surface area contributed by atoms with Crippen molar-refractivity contribution in [1.29, 1.82) is 5.26 Å². The average Bonchev–Trinajstić information content (AvgIpc) is 2.42. The maximum atomic E-state index is 12.4. The molecule has 2 aromatic rings. The molecule has 19 heavy (non-hydrogen) atoms. The number of carbonyl (C=O) groups is 1. The topological polar surface area (TPSA) is 40.9 Å². The summed E-state index contributed by atoms with van der Waals surface area (Å²) in [6.07, 6.45) is 0. The minimum Gasteiger partial charge on any atom is -0.292 e. The van der Waals surface area contributed by atoms with Crippen LogP contribution in [0, 0.1) is 18.3 Å². The molecule has 0 N–H and O–H groups in total. The Bertz CT molecular complexity index is 641. The van der Waals surface area contributed by atoms with Gasteiger partial charge in [0.15, 0.2) is 5.78 Å². The third-order valence-electron chi connectivity index (χ3n) is 3.02. The fourth-order valence-corrected chi connectivity index (χ4v) is 2.09. The summed E-state index contributed by atoms with van der Waals surface area (Å²) in [7, 11) is 0. The first-order valence-corrected chi connectivity index (χ1v) is 6.26. The molecule has 0 aliphatic carbocycles. The second-order valence-corrected chi connectivity index (χ2v) is 4.73. The van der Waals surface area contributed by atoms with E-state index in [1.165, 1.54) is 0 Å². The molecule has 0 fully saturated rings. The second kappa shape index (κ2) is 5.69. The van der Waals surface area contributed by atoms with Gasteiger partial charge in [-0.1, -0.05) is 35.9 Å². The molecule has 0 aromatic heterocycles. The Morgan fingerprint density at radius 3 is 2.37 bits per heavy atom. The van der Waals surface area contributed by atoms with E-state index in [0.717, 1.165) is 11.1 Å². The first kappa shape index (κ1) is 13.3. The van der Waals surface area contributed by atoms with Crippen molar-refractivity contribution in [3.8, 4) is 6.07 Å². The number of hydrogen-bond donors (Lipinski definition) is 0. The van der Waals surface area contributed by atoms with E-state index in [0.29, 0.717) is 10.6 Å². The normalized spacial score (nSPS) is 11.6. The van der Waals surface area contributed by atoms with Crippen LogP contribution in [0.15, 0.2) is 48.5 Å². The first-order chi connectivity index (χ1) is 9.13. The highest BCUT2D eigenvalue weighted by Gasteiger charge is 2.22. The van der Waals surface area contributed by atoms with E-state index < -0.39 is 5.92 Å². The summed E-state index contributed by atoms with van der Waals surface area (Å²) in [4.78, 5) is 12.4. The van der Waals surface area contributed by atoms with Crippen LogP contribution in [0.1, 0.15) is 27.4 Å². The Morgan fingerprint density at radius 1 is 1.16 bits per heavy atom. The minimum absolute atomic E-state index is 0.200. The molecule has 94 valence electrons. The van der Waals surface area contributed by atoms with Gasteiger partial charge in [0.1, 0.15) is 5.92 Å². The summed E-state index contributed by atoms with van der Waals surface area (Å²) >= 11 is 5.80.